The number of hydrogen-bond donors (Lipinski definition) is 1. The summed E-state index contributed by atoms with van der Waals surface area (Å²) in [5.74, 6) is 0.412. The molecule has 0 bridgehead atoms. The summed E-state index contributed by atoms with van der Waals surface area (Å²) in [7, 11) is -2.36. The molecule has 1 aromatic carbocycles. The van der Waals surface area contributed by atoms with Crippen LogP contribution in [0, 0.1) is 6.92 Å². The second-order valence-electron chi connectivity index (χ2n) is 10.1. The van der Waals surface area contributed by atoms with E-state index in [1.165, 1.54) is 26.5 Å². The highest BCUT2D eigenvalue weighted by molar-refractivity contribution is 7.89. The number of sulfonamides is 1. The predicted molar refractivity (Wildman–Crippen MR) is 157 cm³/mol. The van der Waals surface area contributed by atoms with Crippen molar-refractivity contribution in [1.29, 1.82) is 0 Å². The number of aromatic nitrogens is 2. The summed E-state index contributed by atoms with van der Waals surface area (Å²) in [5.41, 5.74) is 0.379. The van der Waals surface area contributed by atoms with Crippen LogP contribution in [0.15, 0.2) is 40.3 Å². The molecule has 2 saturated heterocycles. The van der Waals surface area contributed by atoms with Crippen molar-refractivity contribution in [2.75, 3.05) is 77.6 Å². The Kier molecular flexibility index (Phi) is 9.24. The number of nitrogens with one attached hydrogen (secondary N) is 1. The lowest BCUT2D eigenvalue weighted by molar-refractivity contribution is -0.121. The summed E-state index contributed by atoms with van der Waals surface area (Å²) in [6.07, 6.45) is 2.10. The van der Waals surface area contributed by atoms with Gasteiger partial charge in [0.15, 0.2) is 0 Å². The minimum absolute atomic E-state index is 0.0130. The van der Waals surface area contributed by atoms with Crippen molar-refractivity contribution in [2.24, 2.45) is 0 Å². The summed E-state index contributed by atoms with van der Waals surface area (Å²) in [5, 5.41) is 2.90. The molecule has 0 radical (unpaired) electrons. The zero-order valence-electron chi connectivity index (χ0n) is 23.4. The van der Waals surface area contributed by atoms with Gasteiger partial charge in [0.1, 0.15) is 22.0 Å². The molecule has 0 unspecified atom stereocenters. The van der Waals surface area contributed by atoms with E-state index in [1.54, 1.807) is 14.0 Å². The van der Waals surface area contributed by atoms with Crippen molar-refractivity contribution < 1.29 is 22.7 Å². The van der Waals surface area contributed by atoms with Gasteiger partial charge in [-0.1, -0.05) is 12.1 Å². The first kappa shape index (κ1) is 29.5. The number of benzene rings is 1. The van der Waals surface area contributed by atoms with Gasteiger partial charge in [-0.15, -0.1) is 11.3 Å². The Bertz CT molecular complexity index is 1540. The van der Waals surface area contributed by atoms with E-state index in [1.807, 2.05) is 24.3 Å². The number of hydrogen-bond acceptors (Lipinski definition) is 10. The smallest absolute Gasteiger partial charge is 0.263 e. The molecular weight excluding hydrogens is 568 g/mol. The molecule has 0 atom stereocenters. The number of carbonyl (C=O) groups excluding carboxylic acids is 1. The number of methoxy groups -OCH3 is 1. The van der Waals surface area contributed by atoms with Crippen LogP contribution in [0.1, 0.15) is 11.3 Å². The van der Waals surface area contributed by atoms with Gasteiger partial charge < -0.3 is 19.7 Å². The fourth-order valence-electron chi connectivity index (χ4n) is 5.29. The molecule has 0 spiro atoms. The van der Waals surface area contributed by atoms with Crippen LogP contribution in [0.2, 0.25) is 0 Å². The standard InChI is InChI=1S/C27H36N6O6S2/c1-20-25(41(36,37)33-12-10-31(11-13-33)21-6-3-4-7-22(21)38-2)24-26(40-20)29-19-32(27(24)35)18-23(34)28-8-5-9-30-14-16-39-17-15-30/h3-4,6-7,19H,5,8-18H2,1-2H3,(H,28,34). The molecule has 2 aliphatic rings. The first-order chi connectivity index (χ1) is 19.8. The van der Waals surface area contributed by atoms with Crippen LogP contribution in [0.3, 0.4) is 0 Å². The number of carbonyl (C=O) groups is 1. The normalized spacial score (nSPS) is 17.2. The molecule has 4 heterocycles. The fraction of sp³-hybridized carbons (Fsp3) is 0.519. The summed E-state index contributed by atoms with van der Waals surface area (Å²) >= 11 is 1.17. The molecule has 1 N–H and O–H groups in total. The van der Waals surface area contributed by atoms with E-state index in [0.29, 0.717) is 29.3 Å². The fourth-order valence-corrected chi connectivity index (χ4v) is 8.38. The van der Waals surface area contributed by atoms with Gasteiger partial charge in [-0.2, -0.15) is 4.31 Å². The highest BCUT2D eigenvalue weighted by Crippen LogP contribution is 2.34. The number of piperazine rings is 1. The Morgan fingerprint density at radius 3 is 2.59 bits per heavy atom. The lowest BCUT2D eigenvalue weighted by atomic mass is 10.2. The molecule has 2 fully saturated rings. The second-order valence-corrected chi connectivity index (χ2v) is 13.1. The predicted octanol–water partition coefficient (Wildman–Crippen LogP) is 1.12. The molecule has 5 rings (SSSR count). The van der Waals surface area contributed by atoms with Crippen LogP contribution in [-0.4, -0.2) is 106 Å². The first-order valence-electron chi connectivity index (χ1n) is 13.7. The van der Waals surface area contributed by atoms with Gasteiger partial charge in [0.25, 0.3) is 5.56 Å². The minimum atomic E-state index is -3.97. The molecule has 2 aromatic heterocycles. The highest BCUT2D eigenvalue weighted by atomic mass is 32.2. The number of nitrogens with zero attached hydrogens (tertiary/aromatic N) is 5. The average Bonchev–Trinajstić information content (AvgIpc) is 3.35. The van der Waals surface area contributed by atoms with Gasteiger partial charge in [0.2, 0.25) is 15.9 Å². The molecule has 1 amide bonds. The van der Waals surface area contributed by atoms with Gasteiger partial charge in [0.05, 0.1) is 37.7 Å². The largest absolute Gasteiger partial charge is 0.495 e. The van der Waals surface area contributed by atoms with Crippen LogP contribution >= 0.6 is 11.3 Å². The Labute approximate surface area is 243 Å². The quantitative estimate of drug-likeness (QED) is 0.339. The molecule has 0 aliphatic carbocycles. The number of ether oxygens (including phenoxy) is 2. The summed E-state index contributed by atoms with van der Waals surface area (Å²) < 4.78 is 41.2. The van der Waals surface area contributed by atoms with Crippen molar-refractivity contribution in [2.45, 2.75) is 24.8 Å². The maximum absolute atomic E-state index is 13.9. The molecule has 14 heteroatoms. The van der Waals surface area contributed by atoms with Crippen molar-refractivity contribution in [3.63, 3.8) is 0 Å². The van der Waals surface area contributed by atoms with Crippen LogP contribution in [-0.2, 0) is 26.1 Å². The minimum Gasteiger partial charge on any atom is -0.495 e. The zero-order chi connectivity index (χ0) is 29.0. The molecule has 0 saturated carbocycles. The summed E-state index contributed by atoms with van der Waals surface area (Å²) in [6, 6.07) is 7.65. The average molecular weight is 605 g/mol. The number of anilines is 1. The van der Waals surface area contributed by atoms with Crippen molar-refractivity contribution in [1.82, 2.24) is 24.1 Å². The Balaban J connectivity index is 1.27. The van der Waals surface area contributed by atoms with Gasteiger partial charge in [-0.3, -0.25) is 19.1 Å². The lowest BCUT2D eigenvalue weighted by Gasteiger charge is -2.35. The van der Waals surface area contributed by atoms with E-state index in [2.05, 4.69) is 20.1 Å². The third-order valence-electron chi connectivity index (χ3n) is 7.45. The number of amides is 1. The Hall–Kier alpha value is -3.04. The van der Waals surface area contributed by atoms with Gasteiger partial charge in [0, 0.05) is 50.7 Å². The highest BCUT2D eigenvalue weighted by Gasteiger charge is 2.34. The second kappa shape index (κ2) is 12.9. The van der Waals surface area contributed by atoms with Crippen molar-refractivity contribution in [3.05, 3.63) is 45.8 Å². The van der Waals surface area contributed by atoms with Crippen LogP contribution in [0.5, 0.6) is 5.75 Å². The Morgan fingerprint density at radius 2 is 1.85 bits per heavy atom. The lowest BCUT2D eigenvalue weighted by Crippen LogP contribution is -2.49. The van der Waals surface area contributed by atoms with E-state index in [-0.39, 0.29) is 35.8 Å². The van der Waals surface area contributed by atoms with Gasteiger partial charge >= 0.3 is 0 Å². The number of fused-ring (bicyclic) bond motifs is 1. The first-order valence-corrected chi connectivity index (χ1v) is 16.0. The third-order valence-corrected chi connectivity index (χ3v) is 10.7. The van der Waals surface area contributed by atoms with E-state index in [4.69, 9.17) is 9.47 Å². The molecule has 222 valence electrons. The summed E-state index contributed by atoms with van der Waals surface area (Å²) in [4.78, 5) is 35.7. The van der Waals surface area contributed by atoms with Gasteiger partial charge in [-0.05, 0) is 32.0 Å². The third kappa shape index (κ3) is 6.41. The molecule has 12 nitrogen and oxygen atoms in total. The number of aryl methyl sites for hydroxylation is 1. The van der Waals surface area contributed by atoms with Crippen molar-refractivity contribution in [3.8, 4) is 5.75 Å². The number of rotatable bonds is 10. The Morgan fingerprint density at radius 1 is 1.12 bits per heavy atom. The van der Waals surface area contributed by atoms with E-state index in [9.17, 15) is 18.0 Å². The maximum Gasteiger partial charge on any atom is 0.263 e. The van der Waals surface area contributed by atoms with E-state index in [0.717, 1.165) is 50.7 Å². The van der Waals surface area contributed by atoms with Crippen molar-refractivity contribution >= 4 is 43.2 Å². The molecule has 2 aliphatic heterocycles. The van der Waals surface area contributed by atoms with Crippen LogP contribution in [0.4, 0.5) is 5.69 Å². The topological polar surface area (TPSA) is 126 Å². The number of thiophene rings is 1. The monoisotopic (exact) mass is 604 g/mol. The molecule has 3 aromatic rings. The molecular formula is C27H36N6O6S2. The number of morpholine rings is 1. The summed E-state index contributed by atoms with van der Waals surface area (Å²) in [6.45, 7) is 7.52. The SMILES string of the molecule is COc1ccccc1N1CCN(S(=O)(=O)c2c(C)sc3ncn(CC(=O)NCCCN4CCOCC4)c(=O)c23)CC1. The maximum atomic E-state index is 13.9. The number of para-hydroxylation sites is 2. The van der Waals surface area contributed by atoms with E-state index < -0.39 is 15.6 Å². The van der Waals surface area contributed by atoms with E-state index >= 15 is 0 Å². The van der Waals surface area contributed by atoms with Crippen LogP contribution in [0.25, 0.3) is 10.2 Å². The zero-order valence-corrected chi connectivity index (χ0v) is 25.0. The van der Waals surface area contributed by atoms with Gasteiger partial charge in [-0.25, -0.2) is 13.4 Å². The van der Waals surface area contributed by atoms with Crippen LogP contribution < -0.4 is 20.5 Å². The molecule has 41 heavy (non-hydrogen) atoms.